The van der Waals surface area contributed by atoms with Crippen molar-refractivity contribution < 1.29 is 21.7 Å². The quantitative estimate of drug-likeness (QED) is 0.469. The molecule has 3 aliphatic carbocycles. The summed E-state index contributed by atoms with van der Waals surface area (Å²) in [5.74, 6) is 1.09. The molecule has 1 atom stereocenters. The van der Waals surface area contributed by atoms with Gasteiger partial charge in [0.2, 0.25) is 0 Å². The van der Waals surface area contributed by atoms with Crippen LogP contribution >= 0.6 is 15.9 Å². The monoisotopic (exact) mass is 452 g/mol. The van der Waals surface area contributed by atoms with Crippen LogP contribution in [0.15, 0.2) is 35.9 Å². The fraction of sp³-hybridized carbons (Fsp3) is 0.476. The first-order valence-corrected chi connectivity index (χ1v) is 9.23. The van der Waals surface area contributed by atoms with Crippen molar-refractivity contribution in [2.45, 2.75) is 56.2 Å². The van der Waals surface area contributed by atoms with Crippen molar-refractivity contribution >= 4 is 15.9 Å². The summed E-state index contributed by atoms with van der Waals surface area (Å²) in [6.45, 7) is 6.86. The number of hydrogen-bond donors (Lipinski definition) is 0. The van der Waals surface area contributed by atoms with Gasteiger partial charge in [0, 0.05) is 12.5 Å². The molecule has 24 heavy (non-hydrogen) atoms. The molecule has 3 aliphatic rings. The van der Waals surface area contributed by atoms with E-state index in [1.807, 2.05) is 0 Å². The molecule has 0 heterocycles. The Labute approximate surface area is 165 Å². The summed E-state index contributed by atoms with van der Waals surface area (Å²) in [6, 6.07) is 4.70. The van der Waals surface area contributed by atoms with E-state index in [-0.39, 0.29) is 26.7 Å². The van der Waals surface area contributed by atoms with E-state index < -0.39 is 0 Å². The molecule has 130 valence electrons. The summed E-state index contributed by atoms with van der Waals surface area (Å²) in [4.78, 5) is 0. The van der Waals surface area contributed by atoms with Crippen LogP contribution in [0.1, 0.15) is 50.3 Å². The maximum atomic E-state index is 5.82. The lowest BCUT2D eigenvalue weighted by molar-refractivity contribution is -0.00000526. The van der Waals surface area contributed by atoms with Gasteiger partial charge in [0.25, 0.3) is 0 Å². The predicted octanol–water partition coefficient (Wildman–Crippen LogP) is 2.71. The summed E-state index contributed by atoms with van der Waals surface area (Å²) >= 11 is 3.90. The Kier molecular flexibility index (Phi) is 5.97. The number of fused-ring (bicyclic) bond motifs is 3. The van der Waals surface area contributed by atoms with Gasteiger partial charge in [0.15, 0.2) is 0 Å². The third-order valence-electron chi connectivity index (χ3n) is 4.92. The van der Waals surface area contributed by atoms with Gasteiger partial charge in [-0.25, -0.2) is 0 Å². The van der Waals surface area contributed by atoms with Crippen LogP contribution in [0.4, 0.5) is 0 Å². The van der Waals surface area contributed by atoms with E-state index in [9.17, 15) is 0 Å². The molecule has 1 aromatic carbocycles. The van der Waals surface area contributed by atoms with Crippen LogP contribution in [-0.2, 0) is 18.3 Å². The summed E-state index contributed by atoms with van der Waals surface area (Å²) in [6.07, 6.45) is 13.3. The molecule has 0 radical (unpaired) electrons. The molecule has 0 fully saturated rings. The summed E-state index contributed by atoms with van der Waals surface area (Å²) in [5.41, 5.74) is 5.64. The SMILES string of the molecule is COc1c2cc(C(C)(C)C)cc1CCC1(Br)C=CC(=C[CH+]1)CC2.[Br-]. The molecular weight excluding hydrogens is 428 g/mol. The Morgan fingerprint density at radius 2 is 1.79 bits per heavy atom. The van der Waals surface area contributed by atoms with Gasteiger partial charge in [-0.2, -0.15) is 0 Å². The van der Waals surface area contributed by atoms with Gasteiger partial charge >= 0.3 is 0 Å². The summed E-state index contributed by atoms with van der Waals surface area (Å²) in [7, 11) is 1.81. The largest absolute Gasteiger partial charge is 1.00 e. The lowest BCUT2D eigenvalue weighted by Gasteiger charge is -2.24. The Hall–Kier alpha value is -0.670. The van der Waals surface area contributed by atoms with Crippen molar-refractivity contribution in [2.75, 3.05) is 7.11 Å². The Balaban J connectivity index is 0.00000208. The number of ether oxygens (including phenoxy) is 1. The van der Waals surface area contributed by atoms with E-state index in [1.165, 1.54) is 22.3 Å². The average Bonchev–Trinajstić information content (AvgIpc) is 2.52. The minimum Gasteiger partial charge on any atom is -1.00 e. The second-order valence-electron chi connectivity index (χ2n) is 7.75. The highest BCUT2D eigenvalue weighted by molar-refractivity contribution is 9.10. The standard InChI is InChI=1S/C21H26BrO.BrH/c1-20(2,3)18-13-16-6-5-15-7-10-21(22,11-8-15)12-9-17(14-18)19(16)23-4;/h7-8,10-11,13-14H,5-6,9,12H2,1-4H3;1H/q+1;/p-1. The highest BCUT2D eigenvalue weighted by atomic mass is 79.9. The summed E-state index contributed by atoms with van der Waals surface area (Å²) < 4.78 is 5.79. The Morgan fingerprint density at radius 1 is 1.12 bits per heavy atom. The molecule has 1 unspecified atom stereocenters. The molecule has 0 saturated heterocycles. The maximum Gasteiger partial charge on any atom is 0.128 e. The normalized spacial score (nSPS) is 22.8. The second-order valence-corrected chi connectivity index (χ2v) is 9.22. The van der Waals surface area contributed by atoms with E-state index in [0.29, 0.717) is 0 Å². The fourth-order valence-corrected chi connectivity index (χ4v) is 3.82. The number of alkyl halides is 1. The molecule has 1 nitrogen and oxygen atoms in total. The third-order valence-corrected chi connectivity index (χ3v) is 5.85. The minimum absolute atomic E-state index is 0. The van der Waals surface area contributed by atoms with E-state index in [0.717, 1.165) is 31.4 Å². The zero-order valence-corrected chi connectivity index (χ0v) is 18.1. The van der Waals surface area contributed by atoms with Gasteiger partial charge in [-0.05, 0) is 47.4 Å². The van der Waals surface area contributed by atoms with Gasteiger partial charge in [-0.15, -0.1) is 0 Å². The number of halogens is 2. The highest BCUT2D eigenvalue weighted by Gasteiger charge is 2.33. The molecule has 4 rings (SSSR count). The molecule has 0 saturated carbocycles. The number of allylic oxidation sites excluding steroid dienone is 4. The van der Waals surface area contributed by atoms with Crippen LogP contribution in [0, 0.1) is 6.42 Å². The average molecular weight is 454 g/mol. The molecule has 0 N–H and O–H groups in total. The van der Waals surface area contributed by atoms with Crippen molar-refractivity contribution in [1.29, 1.82) is 0 Å². The lowest BCUT2D eigenvalue weighted by atomic mass is 9.83. The Morgan fingerprint density at radius 3 is 2.33 bits per heavy atom. The summed E-state index contributed by atoms with van der Waals surface area (Å²) in [5, 5.41) is 0. The van der Waals surface area contributed by atoms with Gasteiger partial charge in [0.05, 0.1) is 25.2 Å². The maximum absolute atomic E-state index is 5.82. The van der Waals surface area contributed by atoms with Crippen LogP contribution in [0.2, 0.25) is 0 Å². The van der Waals surface area contributed by atoms with Crippen molar-refractivity contribution in [3.63, 3.8) is 0 Å². The van der Waals surface area contributed by atoms with Crippen molar-refractivity contribution in [2.24, 2.45) is 0 Å². The third kappa shape index (κ3) is 4.11. The van der Waals surface area contributed by atoms with Crippen LogP contribution in [-0.4, -0.2) is 11.4 Å². The van der Waals surface area contributed by atoms with E-state index in [2.05, 4.69) is 73.5 Å². The molecule has 0 aromatic heterocycles. The van der Waals surface area contributed by atoms with Crippen LogP contribution < -0.4 is 21.7 Å². The minimum atomic E-state index is -0.0241. The predicted molar refractivity (Wildman–Crippen MR) is 102 cm³/mol. The van der Waals surface area contributed by atoms with Gasteiger partial charge in [-0.3, -0.25) is 0 Å². The zero-order chi connectivity index (χ0) is 16.7. The fourth-order valence-electron chi connectivity index (χ4n) is 3.36. The van der Waals surface area contributed by atoms with Crippen LogP contribution in [0.5, 0.6) is 5.75 Å². The molecule has 0 amide bonds. The van der Waals surface area contributed by atoms with E-state index >= 15 is 0 Å². The first-order chi connectivity index (χ1) is 10.8. The second kappa shape index (κ2) is 7.29. The topological polar surface area (TPSA) is 9.23 Å². The van der Waals surface area contributed by atoms with Crippen molar-refractivity contribution in [3.8, 4) is 5.75 Å². The highest BCUT2D eigenvalue weighted by Crippen LogP contribution is 2.39. The molecule has 1 aromatic rings. The molecular formula is C21H26Br2O. The zero-order valence-electron chi connectivity index (χ0n) is 15.0. The van der Waals surface area contributed by atoms with Crippen LogP contribution in [0.3, 0.4) is 0 Å². The smallest absolute Gasteiger partial charge is 0.128 e. The number of rotatable bonds is 1. The van der Waals surface area contributed by atoms with Gasteiger partial charge in [-0.1, -0.05) is 48.8 Å². The lowest BCUT2D eigenvalue weighted by Crippen LogP contribution is -3.00. The number of hydrogen-bond acceptors (Lipinski definition) is 1. The Bertz CT molecular complexity index is 667. The number of methoxy groups -OCH3 is 1. The first-order valence-electron chi connectivity index (χ1n) is 8.44. The van der Waals surface area contributed by atoms with E-state index in [1.54, 1.807) is 7.11 Å². The van der Waals surface area contributed by atoms with Crippen LogP contribution in [0.25, 0.3) is 0 Å². The number of aryl methyl sites for hydroxylation is 2. The van der Waals surface area contributed by atoms with E-state index in [4.69, 9.17) is 4.74 Å². The molecule has 0 spiro atoms. The molecule has 0 aliphatic heterocycles. The van der Waals surface area contributed by atoms with Crippen molar-refractivity contribution in [1.82, 2.24) is 0 Å². The van der Waals surface area contributed by atoms with Gasteiger partial charge < -0.3 is 21.7 Å². The number of benzene rings is 1. The molecule has 3 heteroatoms. The molecule has 4 bridgehead atoms. The first kappa shape index (κ1) is 19.7. The van der Waals surface area contributed by atoms with Crippen molar-refractivity contribution in [3.05, 3.63) is 59.0 Å². The van der Waals surface area contributed by atoms with Gasteiger partial charge in [0.1, 0.15) is 10.1 Å².